The van der Waals surface area contributed by atoms with Crippen LogP contribution >= 0.6 is 0 Å². The summed E-state index contributed by atoms with van der Waals surface area (Å²) in [4.78, 5) is 27.1. The molecule has 17 heteroatoms. The van der Waals surface area contributed by atoms with Crippen molar-refractivity contribution >= 4 is 41.9 Å². The Morgan fingerprint density at radius 1 is 0.462 bits per heavy atom. The van der Waals surface area contributed by atoms with E-state index in [0.717, 1.165) is 103 Å². The number of carbonyl (C=O) groups is 2. The SMILES string of the molecule is COC1CCC(C(C)(C2CCC(OC3CCC(C(=O)C4CCC(C)CC4)CC3S(=O)(=O)O)CC2)C2CCC(OC3CCC(C(=O)C4CCCC(S(=O)(=O)O)C4)CC3S(=O)(=O)O)CC2)CC1. The number of ether oxygens (including phenoxy) is 3. The van der Waals surface area contributed by atoms with E-state index in [0.29, 0.717) is 62.2 Å². The van der Waals surface area contributed by atoms with E-state index < -0.39 is 70.1 Å². The predicted molar refractivity (Wildman–Crippen MR) is 246 cm³/mol. The maximum Gasteiger partial charge on any atom is 0.270 e. The summed E-state index contributed by atoms with van der Waals surface area (Å²) in [6.45, 7) is 4.70. The van der Waals surface area contributed by atoms with Crippen LogP contribution in [0.2, 0.25) is 0 Å². The van der Waals surface area contributed by atoms with Crippen LogP contribution in [0.3, 0.4) is 0 Å². The van der Waals surface area contributed by atoms with E-state index in [4.69, 9.17) is 14.2 Å². The zero-order chi connectivity index (χ0) is 46.9. The molecular weight excluding hydrogens is 897 g/mol. The van der Waals surface area contributed by atoms with E-state index in [-0.39, 0.29) is 72.8 Å². The van der Waals surface area contributed by atoms with Gasteiger partial charge in [-0.1, -0.05) is 33.1 Å². The van der Waals surface area contributed by atoms with Crippen LogP contribution in [0.15, 0.2) is 0 Å². The summed E-state index contributed by atoms with van der Waals surface area (Å²) in [7, 11) is -11.5. The Labute approximate surface area is 389 Å². The first-order valence-corrected chi connectivity index (χ1v) is 30.0. The predicted octanol–water partition coefficient (Wildman–Crippen LogP) is 8.61. The van der Waals surface area contributed by atoms with E-state index in [1.807, 2.05) is 0 Å². The molecule has 14 nitrogen and oxygen atoms in total. The molecule has 0 amide bonds. The lowest BCUT2D eigenvalue weighted by molar-refractivity contribution is -0.131. The Hall–Kier alpha value is -1.05. The fraction of sp³-hybridized carbons (Fsp3) is 0.958. The van der Waals surface area contributed by atoms with Crippen molar-refractivity contribution in [3.05, 3.63) is 0 Å². The van der Waals surface area contributed by atoms with E-state index in [1.54, 1.807) is 7.11 Å². The van der Waals surface area contributed by atoms with Gasteiger partial charge in [-0.15, -0.1) is 0 Å². The molecule has 374 valence electrons. The molecule has 0 aromatic heterocycles. The van der Waals surface area contributed by atoms with Crippen molar-refractivity contribution in [2.75, 3.05) is 7.11 Å². The molecule has 7 saturated carbocycles. The van der Waals surface area contributed by atoms with Gasteiger partial charge in [-0.25, -0.2) is 0 Å². The molecule has 0 bridgehead atoms. The molecule has 9 atom stereocenters. The molecule has 7 aliphatic rings. The van der Waals surface area contributed by atoms with Crippen molar-refractivity contribution in [2.45, 2.75) is 227 Å². The lowest BCUT2D eigenvalue weighted by Gasteiger charge is -2.54. The summed E-state index contributed by atoms with van der Waals surface area (Å²) in [5.74, 6) is 0.324. The van der Waals surface area contributed by atoms with Crippen molar-refractivity contribution in [2.24, 2.45) is 52.8 Å². The smallest absolute Gasteiger partial charge is 0.270 e. The molecule has 0 aliphatic heterocycles. The largest absolute Gasteiger partial charge is 0.381 e. The van der Waals surface area contributed by atoms with Gasteiger partial charge in [-0.05, 0) is 177 Å². The normalized spacial score (nSPS) is 41.5. The molecule has 0 radical (unpaired) electrons. The van der Waals surface area contributed by atoms with E-state index in [1.165, 1.54) is 0 Å². The molecule has 7 aliphatic carbocycles. The van der Waals surface area contributed by atoms with Gasteiger partial charge in [-0.3, -0.25) is 23.2 Å². The van der Waals surface area contributed by atoms with Crippen LogP contribution in [-0.2, 0) is 54.2 Å². The van der Waals surface area contributed by atoms with Crippen molar-refractivity contribution in [1.82, 2.24) is 0 Å². The van der Waals surface area contributed by atoms with Crippen molar-refractivity contribution in [3.63, 3.8) is 0 Å². The molecule has 65 heavy (non-hydrogen) atoms. The summed E-state index contributed by atoms with van der Waals surface area (Å²) < 4.78 is 124. The number of carbonyl (C=O) groups excluding carboxylic acids is 2. The zero-order valence-corrected chi connectivity index (χ0v) is 41.6. The minimum atomic E-state index is -4.55. The highest BCUT2D eigenvalue weighted by molar-refractivity contribution is 7.87. The minimum Gasteiger partial charge on any atom is -0.381 e. The molecule has 0 spiro atoms. The Bertz CT molecular complexity index is 1940. The highest BCUT2D eigenvalue weighted by Gasteiger charge is 2.51. The quantitative estimate of drug-likeness (QED) is 0.131. The van der Waals surface area contributed by atoms with Gasteiger partial charge >= 0.3 is 0 Å². The Balaban J connectivity index is 0.956. The second-order valence-corrected chi connectivity index (χ2v) is 27.2. The highest BCUT2D eigenvalue weighted by Crippen LogP contribution is 2.57. The van der Waals surface area contributed by atoms with Crippen LogP contribution < -0.4 is 0 Å². The summed E-state index contributed by atoms with van der Waals surface area (Å²) in [6, 6.07) is 0. The molecule has 7 fully saturated rings. The van der Waals surface area contributed by atoms with Gasteiger partial charge in [-0.2, -0.15) is 25.3 Å². The van der Waals surface area contributed by atoms with E-state index in [9.17, 15) is 48.5 Å². The third-order valence-electron chi connectivity index (χ3n) is 18.6. The number of hydrogen-bond donors (Lipinski definition) is 3. The van der Waals surface area contributed by atoms with Gasteiger partial charge in [0.15, 0.2) is 0 Å². The topological polar surface area (TPSA) is 225 Å². The first-order chi connectivity index (χ1) is 30.6. The lowest BCUT2D eigenvalue weighted by atomic mass is 9.52. The van der Waals surface area contributed by atoms with Crippen LogP contribution in [0.5, 0.6) is 0 Å². The number of hydrogen-bond acceptors (Lipinski definition) is 11. The maximum absolute atomic E-state index is 13.6. The third kappa shape index (κ3) is 12.5. The van der Waals surface area contributed by atoms with E-state index >= 15 is 0 Å². The Kier molecular flexibility index (Phi) is 17.1. The minimum absolute atomic E-state index is 0.0177. The molecule has 0 heterocycles. The Morgan fingerprint density at radius 3 is 1.25 bits per heavy atom. The fourth-order valence-electron chi connectivity index (χ4n) is 14.6. The molecule has 0 aromatic rings. The number of ketones is 2. The molecule has 0 aromatic carbocycles. The molecular formula is C48H80O14S3. The van der Waals surface area contributed by atoms with Gasteiger partial charge in [0, 0.05) is 30.8 Å². The van der Waals surface area contributed by atoms with Gasteiger partial charge in [0.1, 0.15) is 22.1 Å². The third-order valence-corrected chi connectivity index (χ3v) is 22.4. The molecule has 3 N–H and O–H groups in total. The van der Waals surface area contributed by atoms with Gasteiger partial charge < -0.3 is 14.2 Å². The number of Topliss-reactive ketones (excluding diaryl/α,β-unsaturated/α-hetero) is 2. The summed E-state index contributed by atoms with van der Waals surface area (Å²) >= 11 is 0. The maximum atomic E-state index is 13.6. The van der Waals surface area contributed by atoms with Gasteiger partial charge in [0.2, 0.25) is 0 Å². The van der Waals surface area contributed by atoms with Crippen molar-refractivity contribution in [1.29, 1.82) is 0 Å². The van der Waals surface area contributed by atoms with Crippen LogP contribution in [0, 0.1) is 52.8 Å². The lowest BCUT2D eigenvalue weighted by Crippen LogP contribution is -2.49. The van der Waals surface area contributed by atoms with E-state index in [2.05, 4.69) is 13.8 Å². The second-order valence-electron chi connectivity index (χ2n) is 22.3. The number of rotatable bonds is 15. The van der Waals surface area contributed by atoms with Crippen LogP contribution in [-0.4, -0.2) is 104 Å². The first-order valence-electron chi connectivity index (χ1n) is 25.4. The van der Waals surface area contributed by atoms with Crippen LogP contribution in [0.25, 0.3) is 0 Å². The molecule has 9 unspecified atom stereocenters. The summed E-state index contributed by atoms with van der Waals surface area (Å²) in [5.41, 5.74) is 0.0177. The number of methoxy groups -OCH3 is 1. The average Bonchev–Trinajstić information content (AvgIpc) is 3.28. The van der Waals surface area contributed by atoms with Crippen molar-refractivity contribution < 1.29 is 62.7 Å². The fourth-order valence-corrected chi connectivity index (χ4v) is 17.7. The standard InChI is InChI=1S/C48H80O14S3/c1-30-7-9-31(10-8-30)46(49)33-11-25-42(44(28-33)64(54,55)56)61-39-21-15-36(16-22-39)48(2,35-13-19-38(60-3)20-14-35)37-17-23-40(24-18-37)62-43-26-12-34(29-45(43)65(57,58)59)47(50)32-5-4-6-41(27-32)63(51,52)53/h30-45H,4-29H2,1-3H3,(H,51,52,53)(H,54,55,56)(H,57,58,59). The van der Waals surface area contributed by atoms with Crippen LogP contribution in [0.4, 0.5) is 0 Å². The van der Waals surface area contributed by atoms with Crippen LogP contribution in [0.1, 0.15) is 181 Å². The summed E-state index contributed by atoms with van der Waals surface area (Å²) in [5, 5.41) is -3.35. The first kappa shape index (κ1) is 51.8. The molecule has 0 saturated heterocycles. The second kappa shape index (κ2) is 21.5. The molecule has 7 rings (SSSR count). The monoisotopic (exact) mass is 976 g/mol. The van der Waals surface area contributed by atoms with Gasteiger partial charge in [0.05, 0.1) is 35.8 Å². The average molecular weight is 977 g/mol. The Morgan fingerprint density at radius 2 is 0.846 bits per heavy atom. The highest BCUT2D eigenvalue weighted by atomic mass is 32.2. The van der Waals surface area contributed by atoms with Crippen molar-refractivity contribution in [3.8, 4) is 0 Å². The zero-order valence-electron chi connectivity index (χ0n) is 39.2. The summed E-state index contributed by atoms with van der Waals surface area (Å²) in [6.07, 6.45) is 16.4. The van der Waals surface area contributed by atoms with Gasteiger partial charge in [0.25, 0.3) is 30.4 Å².